The second kappa shape index (κ2) is 6.25. The Morgan fingerprint density at radius 2 is 1.96 bits per heavy atom. The Bertz CT molecular complexity index is 1090. The van der Waals surface area contributed by atoms with Crippen LogP contribution in [0.15, 0.2) is 59.4 Å². The third-order valence-corrected chi connectivity index (χ3v) is 3.92. The molecule has 128 valence electrons. The van der Waals surface area contributed by atoms with E-state index < -0.39 is 5.97 Å². The molecule has 0 radical (unpaired) electrons. The average Bonchev–Trinajstić information content (AvgIpc) is 3.29. The summed E-state index contributed by atoms with van der Waals surface area (Å²) in [5.41, 5.74) is 1.96. The minimum absolute atomic E-state index is 0.108. The van der Waals surface area contributed by atoms with Crippen LogP contribution in [0, 0.1) is 6.92 Å². The summed E-state index contributed by atoms with van der Waals surface area (Å²) in [7, 11) is 0. The summed E-state index contributed by atoms with van der Waals surface area (Å²) in [5, 5.41) is 17.4. The molecule has 0 aliphatic heterocycles. The van der Waals surface area contributed by atoms with Crippen LogP contribution < -0.4 is 0 Å². The highest BCUT2D eigenvalue weighted by atomic mass is 16.5. The van der Waals surface area contributed by atoms with E-state index in [1.54, 1.807) is 25.3 Å². The Morgan fingerprint density at radius 1 is 1.15 bits per heavy atom. The molecule has 0 unspecified atom stereocenters. The molecule has 0 saturated heterocycles. The molecule has 4 aromatic rings. The molecule has 26 heavy (non-hydrogen) atoms. The van der Waals surface area contributed by atoms with Crippen molar-refractivity contribution < 1.29 is 14.4 Å². The van der Waals surface area contributed by atoms with Crippen LogP contribution in [0.4, 0.5) is 0 Å². The van der Waals surface area contributed by atoms with Crippen molar-refractivity contribution in [2.45, 2.75) is 6.92 Å². The number of aromatic carboxylic acids is 1. The molecule has 0 fully saturated rings. The Balaban J connectivity index is 1.80. The second-order valence-corrected chi connectivity index (χ2v) is 5.52. The van der Waals surface area contributed by atoms with Gasteiger partial charge in [-0.25, -0.2) is 14.5 Å². The highest BCUT2D eigenvalue weighted by Crippen LogP contribution is 2.27. The van der Waals surface area contributed by atoms with Crippen LogP contribution in [-0.2, 0) is 0 Å². The lowest BCUT2D eigenvalue weighted by Gasteiger charge is -2.07. The number of aromatic nitrogens is 5. The fourth-order valence-electron chi connectivity index (χ4n) is 2.60. The molecule has 4 rings (SSSR count). The molecule has 1 aromatic carbocycles. The number of benzene rings is 1. The summed E-state index contributed by atoms with van der Waals surface area (Å²) >= 11 is 0. The summed E-state index contributed by atoms with van der Waals surface area (Å²) in [6, 6.07) is 13.0. The lowest BCUT2D eigenvalue weighted by Crippen LogP contribution is -2.06. The number of hydrogen-bond donors (Lipinski definition) is 1. The second-order valence-electron chi connectivity index (χ2n) is 5.52. The molecule has 3 aromatic heterocycles. The van der Waals surface area contributed by atoms with Crippen LogP contribution in [0.5, 0.6) is 0 Å². The van der Waals surface area contributed by atoms with Gasteiger partial charge in [0, 0.05) is 11.8 Å². The zero-order valence-electron chi connectivity index (χ0n) is 13.7. The van der Waals surface area contributed by atoms with Crippen LogP contribution in [0.2, 0.25) is 0 Å². The third-order valence-electron chi connectivity index (χ3n) is 3.92. The van der Waals surface area contributed by atoms with Gasteiger partial charge >= 0.3 is 5.97 Å². The average molecular weight is 347 g/mol. The van der Waals surface area contributed by atoms with E-state index in [-0.39, 0.29) is 11.5 Å². The van der Waals surface area contributed by atoms with Crippen LogP contribution in [0.3, 0.4) is 0 Å². The van der Waals surface area contributed by atoms with E-state index in [0.717, 1.165) is 5.56 Å². The standard InChI is InChI=1S/C18H13N5O3/c1-11-14(18(24)25)10-20-23(11)16-13(8-5-9-19-16)17-21-15(22-26-17)12-6-3-2-4-7-12/h2-10H,1H3,(H,24,25). The molecule has 0 spiro atoms. The maximum atomic E-state index is 11.3. The predicted molar refractivity (Wildman–Crippen MR) is 91.8 cm³/mol. The molecule has 0 atom stereocenters. The first-order valence-corrected chi connectivity index (χ1v) is 7.78. The number of hydrogen-bond acceptors (Lipinski definition) is 6. The maximum absolute atomic E-state index is 11.3. The number of carboxylic acids is 1. The summed E-state index contributed by atoms with van der Waals surface area (Å²) in [6.45, 7) is 1.66. The SMILES string of the molecule is Cc1c(C(=O)O)cnn1-c1ncccc1-c1nc(-c2ccccc2)no1. The van der Waals surface area contributed by atoms with Gasteiger partial charge in [0.15, 0.2) is 5.82 Å². The quantitative estimate of drug-likeness (QED) is 0.604. The molecule has 0 bridgehead atoms. The van der Waals surface area contributed by atoms with Gasteiger partial charge in [-0.15, -0.1) is 0 Å². The molecular formula is C18H13N5O3. The van der Waals surface area contributed by atoms with E-state index in [1.807, 2.05) is 30.3 Å². The molecule has 3 heterocycles. The number of nitrogens with zero attached hydrogens (tertiary/aromatic N) is 5. The van der Waals surface area contributed by atoms with Crippen LogP contribution >= 0.6 is 0 Å². The summed E-state index contributed by atoms with van der Waals surface area (Å²) in [6.07, 6.45) is 2.88. The molecule has 0 aliphatic rings. The van der Waals surface area contributed by atoms with Gasteiger partial charge in [-0.05, 0) is 19.1 Å². The topological polar surface area (TPSA) is 107 Å². The van der Waals surface area contributed by atoms with Gasteiger partial charge < -0.3 is 9.63 Å². The molecule has 0 aliphatic carbocycles. The smallest absolute Gasteiger partial charge is 0.339 e. The summed E-state index contributed by atoms with van der Waals surface area (Å²) in [5.74, 6) is 0.105. The fraction of sp³-hybridized carbons (Fsp3) is 0.0556. The van der Waals surface area contributed by atoms with Gasteiger partial charge in [0.2, 0.25) is 5.82 Å². The number of rotatable bonds is 4. The monoisotopic (exact) mass is 347 g/mol. The van der Waals surface area contributed by atoms with Crippen molar-refractivity contribution in [2.24, 2.45) is 0 Å². The fourth-order valence-corrected chi connectivity index (χ4v) is 2.60. The van der Waals surface area contributed by atoms with Gasteiger partial charge in [0.25, 0.3) is 5.89 Å². The zero-order valence-corrected chi connectivity index (χ0v) is 13.7. The minimum atomic E-state index is -1.05. The van der Waals surface area contributed by atoms with E-state index in [0.29, 0.717) is 22.9 Å². The lowest BCUT2D eigenvalue weighted by atomic mass is 10.2. The first-order valence-electron chi connectivity index (χ1n) is 7.78. The summed E-state index contributed by atoms with van der Waals surface area (Å²) in [4.78, 5) is 20.0. The highest BCUT2D eigenvalue weighted by molar-refractivity contribution is 5.88. The normalized spacial score (nSPS) is 10.8. The van der Waals surface area contributed by atoms with Crippen molar-refractivity contribution in [1.82, 2.24) is 24.9 Å². The minimum Gasteiger partial charge on any atom is -0.478 e. The Labute approximate surface area is 147 Å². The largest absolute Gasteiger partial charge is 0.478 e. The Hall–Kier alpha value is -3.81. The van der Waals surface area contributed by atoms with Crippen molar-refractivity contribution >= 4 is 5.97 Å². The molecule has 1 N–H and O–H groups in total. The Kier molecular flexibility index (Phi) is 3.77. The third kappa shape index (κ3) is 2.63. The van der Waals surface area contributed by atoms with Gasteiger partial charge in [-0.1, -0.05) is 35.5 Å². The summed E-state index contributed by atoms with van der Waals surface area (Å²) < 4.78 is 6.85. The van der Waals surface area contributed by atoms with E-state index in [9.17, 15) is 9.90 Å². The van der Waals surface area contributed by atoms with Crippen molar-refractivity contribution in [3.05, 3.63) is 66.1 Å². The van der Waals surface area contributed by atoms with E-state index in [1.165, 1.54) is 10.9 Å². The maximum Gasteiger partial charge on any atom is 0.339 e. The zero-order chi connectivity index (χ0) is 18.1. The van der Waals surface area contributed by atoms with Gasteiger partial charge in [-0.2, -0.15) is 10.1 Å². The molecular weight excluding hydrogens is 334 g/mol. The van der Waals surface area contributed by atoms with Crippen molar-refractivity contribution in [1.29, 1.82) is 0 Å². The highest BCUT2D eigenvalue weighted by Gasteiger charge is 2.20. The van der Waals surface area contributed by atoms with Crippen molar-refractivity contribution in [3.63, 3.8) is 0 Å². The van der Waals surface area contributed by atoms with Gasteiger partial charge in [0.05, 0.1) is 17.5 Å². The molecule has 8 nitrogen and oxygen atoms in total. The van der Waals surface area contributed by atoms with Crippen LogP contribution in [-0.4, -0.2) is 36.0 Å². The predicted octanol–water partition coefficient (Wildman–Crippen LogP) is 2.99. The number of carbonyl (C=O) groups is 1. The van der Waals surface area contributed by atoms with Crippen molar-refractivity contribution in [3.8, 4) is 28.7 Å². The van der Waals surface area contributed by atoms with E-state index in [4.69, 9.17) is 4.52 Å². The Morgan fingerprint density at radius 3 is 2.69 bits per heavy atom. The first kappa shape index (κ1) is 15.7. The molecule has 8 heteroatoms. The van der Waals surface area contributed by atoms with Crippen LogP contribution in [0.1, 0.15) is 16.1 Å². The van der Waals surface area contributed by atoms with E-state index in [2.05, 4.69) is 20.2 Å². The molecule has 0 saturated carbocycles. The van der Waals surface area contributed by atoms with Gasteiger partial charge in [-0.3, -0.25) is 0 Å². The van der Waals surface area contributed by atoms with Gasteiger partial charge in [0.1, 0.15) is 5.56 Å². The lowest BCUT2D eigenvalue weighted by molar-refractivity contribution is 0.0696. The van der Waals surface area contributed by atoms with E-state index >= 15 is 0 Å². The molecule has 0 amide bonds. The van der Waals surface area contributed by atoms with Crippen molar-refractivity contribution in [2.75, 3.05) is 0 Å². The number of carboxylic acid groups (broad SMARTS) is 1. The number of pyridine rings is 1. The first-order chi connectivity index (χ1) is 12.6. The van der Waals surface area contributed by atoms with Crippen LogP contribution in [0.25, 0.3) is 28.7 Å².